The van der Waals surface area contributed by atoms with E-state index in [-0.39, 0.29) is 5.41 Å². The molecule has 0 aliphatic carbocycles. The monoisotopic (exact) mass is 309 g/mol. The van der Waals surface area contributed by atoms with Crippen molar-refractivity contribution < 1.29 is 0 Å². The van der Waals surface area contributed by atoms with Gasteiger partial charge in [0.15, 0.2) is 5.65 Å². The topological polar surface area (TPSA) is 68.2 Å². The van der Waals surface area contributed by atoms with Gasteiger partial charge in [0, 0.05) is 36.2 Å². The molecule has 120 valence electrons. The maximum absolute atomic E-state index is 5.64. The fraction of sp³-hybridized carbons (Fsp3) is 0.333. The predicted octanol–water partition coefficient (Wildman–Crippen LogP) is 3.06. The zero-order valence-electron chi connectivity index (χ0n) is 13.9. The van der Waals surface area contributed by atoms with Crippen molar-refractivity contribution in [2.24, 2.45) is 5.73 Å². The van der Waals surface area contributed by atoms with E-state index in [2.05, 4.69) is 44.3 Å². The van der Waals surface area contributed by atoms with E-state index in [1.807, 2.05) is 28.8 Å². The van der Waals surface area contributed by atoms with Crippen LogP contribution >= 0.6 is 0 Å². The van der Waals surface area contributed by atoms with Crippen LogP contribution in [0.25, 0.3) is 16.9 Å². The number of nitrogens with zero attached hydrogens (tertiary/aromatic N) is 3. The van der Waals surface area contributed by atoms with Crippen LogP contribution in [0.4, 0.5) is 5.82 Å². The van der Waals surface area contributed by atoms with Crippen LogP contribution in [-0.4, -0.2) is 27.7 Å². The zero-order valence-corrected chi connectivity index (χ0v) is 13.9. The van der Waals surface area contributed by atoms with Crippen LogP contribution in [-0.2, 0) is 5.41 Å². The summed E-state index contributed by atoms with van der Waals surface area (Å²) in [4.78, 5) is 4.78. The van der Waals surface area contributed by atoms with Gasteiger partial charge in [-0.2, -0.15) is 9.61 Å². The van der Waals surface area contributed by atoms with Crippen molar-refractivity contribution >= 4 is 11.5 Å². The van der Waals surface area contributed by atoms with Crippen LogP contribution in [0.3, 0.4) is 0 Å². The second-order valence-corrected chi connectivity index (χ2v) is 6.66. The molecule has 2 aromatic heterocycles. The molecule has 3 rings (SSSR count). The number of hydrogen-bond donors (Lipinski definition) is 2. The summed E-state index contributed by atoms with van der Waals surface area (Å²) in [6.45, 7) is 7.72. The summed E-state index contributed by atoms with van der Waals surface area (Å²) in [5, 5.41) is 8.07. The second-order valence-electron chi connectivity index (χ2n) is 6.66. The lowest BCUT2D eigenvalue weighted by molar-refractivity contribution is 0.563. The number of nitrogens with two attached hydrogens (primary N) is 1. The van der Waals surface area contributed by atoms with Gasteiger partial charge in [-0.1, -0.05) is 51.1 Å². The van der Waals surface area contributed by atoms with E-state index in [0.29, 0.717) is 13.1 Å². The summed E-state index contributed by atoms with van der Waals surface area (Å²) in [7, 11) is 0. The number of aromatic nitrogens is 3. The zero-order chi connectivity index (χ0) is 16.4. The third-order valence-corrected chi connectivity index (χ3v) is 3.72. The van der Waals surface area contributed by atoms with Crippen molar-refractivity contribution in [3.8, 4) is 11.3 Å². The van der Waals surface area contributed by atoms with E-state index in [9.17, 15) is 0 Å². The number of benzene rings is 1. The molecule has 0 saturated carbocycles. The molecular formula is C18H23N5. The van der Waals surface area contributed by atoms with E-state index in [1.165, 1.54) is 0 Å². The molecule has 0 bridgehead atoms. The van der Waals surface area contributed by atoms with Crippen molar-refractivity contribution in [1.82, 2.24) is 14.6 Å². The Morgan fingerprint density at radius 1 is 1.13 bits per heavy atom. The molecule has 0 fully saturated rings. The van der Waals surface area contributed by atoms with E-state index < -0.39 is 0 Å². The molecule has 3 aromatic rings. The maximum atomic E-state index is 5.64. The molecule has 0 atom stereocenters. The summed E-state index contributed by atoms with van der Waals surface area (Å²) < 4.78 is 1.86. The standard InChI is InChI=1S/C18H23N5/c1-18(2,3)15-12-17-21-14(13-7-5-4-6-8-13)11-16(20-10-9-19)23(17)22-15/h4-8,11-12,20H,9-10,19H2,1-3H3. The van der Waals surface area contributed by atoms with E-state index in [1.54, 1.807) is 0 Å². The average Bonchev–Trinajstić information content (AvgIpc) is 2.98. The maximum Gasteiger partial charge on any atom is 0.158 e. The number of anilines is 1. The van der Waals surface area contributed by atoms with Crippen molar-refractivity contribution in [1.29, 1.82) is 0 Å². The van der Waals surface area contributed by atoms with Gasteiger partial charge in [0.1, 0.15) is 5.82 Å². The highest BCUT2D eigenvalue weighted by Crippen LogP contribution is 2.26. The van der Waals surface area contributed by atoms with E-state index >= 15 is 0 Å². The van der Waals surface area contributed by atoms with Crippen LogP contribution in [0.15, 0.2) is 42.5 Å². The summed E-state index contributed by atoms with van der Waals surface area (Å²) in [5.74, 6) is 0.912. The third-order valence-electron chi connectivity index (χ3n) is 3.72. The first-order chi connectivity index (χ1) is 11.0. The predicted molar refractivity (Wildman–Crippen MR) is 94.7 cm³/mol. The second kappa shape index (κ2) is 6.01. The smallest absolute Gasteiger partial charge is 0.158 e. The molecule has 0 amide bonds. The molecule has 0 radical (unpaired) electrons. The molecule has 2 heterocycles. The molecule has 1 aromatic carbocycles. The number of nitrogens with one attached hydrogen (secondary N) is 1. The van der Waals surface area contributed by atoms with Crippen LogP contribution in [0.5, 0.6) is 0 Å². The Bertz CT molecular complexity index is 799. The fourth-order valence-electron chi connectivity index (χ4n) is 2.42. The minimum absolute atomic E-state index is 0.0221. The van der Waals surface area contributed by atoms with Gasteiger partial charge in [0.25, 0.3) is 0 Å². The van der Waals surface area contributed by atoms with Crippen molar-refractivity contribution in [3.63, 3.8) is 0 Å². The van der Waals surface area contributed by atoms with Crippen molar-refractivity contribution in [3.05, 3.63) is 48.2 Å². The largest absolute Gasteiger partial charge is 0.369 e. The number of rotatable bonds is 4. The summed E-state index contributed by atoms with van der Waals surface area (Å²) in [6, 6.07) is 14.2. The highest BCUT2D eigenvalue weighted by molar-refractivity contribution is 5.66. The van der Waals surface area contributed by atoms with E-state index in [4.69, 9.17) is 15.8 Å². The highest BCUT2D eigenvalue weighted by atomic mass is 15.3. The van der Waals surface area contributed by atoms with Crippen LogP contribution < -0.4 is 11.1 Å². The minimum Gasteiger partial charge on any atom is -0.369 e. The Hall–Kier alpha value is -2.40. The molecule has 0 spiro atoms. The van der Waals surface area contributed by atoms with Gasteiger partial charge in [-0.15, -0.1) is 0 Å². The first kappa shape index (κ1) is 15.5. The quantitative estimate of drug-likeness (QED) is 0.777. The third kappa shape index (κ3) is 3.19. The average molecular weight is 309 g/mol. The lowest BCUT2D eigenvalue weighted by Crippen LogP contribution is -2.16. The minimum atomic E-state index is -0.0221. The SMILES string of the molecule is CC(C)(C)c1cc2nc(-c3ccccc3)cc(NCCN)n2n1. The molecule has 23 heavy (non-hydrogen) atoms. The summed E-state index contributed by atoms with van der Waals surface area (Å²) in [6.07, 6.45) is 0. The highest BCUT2D eigenvalue weighted by Gasteiger charge is 2.19. The molecule has 3 N–H and O–H groups in total. The summed E-state index contributed by atoms with van der Waals surface area (Å²) >= 11 is 0. The lowest BCUT2D eigenvalue weighted by Gasteiger charge is -2.14. The Balaban J connectivity index is 2.16. The molecular weight excluding hydrogens is 286 g/mol. The molecule has 5 nitrogen and oxygen atoms in total. The first-order valence-corrected chi connectivity index (χ1v) is 7.90. The van der Waals surface area contributed by atoms with Gasteiger partial charge >= 0.3 is 0 Å². The molecule has 5 heteroatoms. The Kier molecular flexibility index (Phi) is 4.05. The van der Waals surface area contributed by atoms with E-state index in [0.717, 1.165) is 28.4 Å². The summed E-state index contributed by atoms with van der Waals surface area (Å²) in [5.41, 5.74) is 9.49. The van der Waals surface area contributed by atoms with Gasteiger partial charge in [0.2, 0.25) is 0 Å². The Morgan fingerprint density at radius 3 is 2.52 bits per heavy atom. The van der Waals surface area contributed by atoms with Gasteiger partial charge < -0.3 is 11.1 Å². The first-order valence-electron chi connectivity index (χ1n) is 7.90. The lowest BCUT2D eigenvalue weighted by atomic mass is 9.93. The fourth-order valence-corrected chi connectivity index (χ4v) is 2.42. The Labute approximate surface area is 136 Å². The van der Waals surface area contributed by atoms with Crippen LogP contribution in [0, 0.1) is 0 Å². The Morgan fingerprint density at radius 2 is 1.87 bits per heavy atom. The number of hydrogen-bond acceptors (Lipinski definition) is 4. The van der Waals surface area contributed by atoms with Crippen molar-refractivity contribution in [2.45, 2.75) is 26.2 Å². The van der Waals surface area contributed by atoms with Gasteiger partial charge in [0.05, 0.1) is 11.4 Å². The van der Waals surface area contributed by atoms with Gasteiger partial charge in [-0.05, 0) is 0 Å². The molecule has 0 unspecified atom stereocenters. The molecule has 0 aliphatic rings. The van der Waals surface area contributed by atoms with Crippen LogP contribution in [0.1, 0.15) is 26.5 Å². The van der Waals surface area contributed by atoms with Crippen molar-refractivity contribution in [2.75, 3.05) is 18.4 Å². The molecule has 0 saturated heterocycles. The molecule has 0 aliphatic heterocycles. The van der Waals surface area contributed by atoms with Crippen LogP contribution in [0.2, 0.25) is 0 Å². The van der Waals surface area contributed by atoms with Gasteiger partial charge in [-0.3, -0.25) is 0 Å². The van der Waals surface area contributed by atoms with Gasteiger partial charge in [-0.25, -0.2) is 4.98 Å². The number of fused-ring (bicyclic) bond motifs is 1. The normalized spacial score (nSPS) is 11.8.